The summed E-state index contributed by atoms with van der Waals surface area (Å²) in [6, 6.07) is 5.80. The molecule has 1 amide bonds. The van der Waals surface area contributed by atoms with Gasteiger partial charge in [-0.15, -0.1) is 0 Å². The molecular formula is C25H26FN3O5. The molecule has 0 saturated carbocycles. The van der Waals surface area contributed by atoms with Crippen LogP contribution in [0.4, 0.5) is 9.18 Å². The van der Waals surface area contributed by atoms with Crippen LogP contribution in [0, 0.1) is 17.7 Å². The molecule has 0 aliphatic carbocycles. The highest BCUT2D eigenvalue weighted by atomic mass is 19.1. The number of hydrogen-bond acceptors (Lipinski definition) is 6. The smallest absolute Gasteiger partial charge is 0.419 e. The normalized spacial score (nSPS) is 18.2. The summed E-state index contributed by atoms with van der Waals surface area (Å²) in [7, 11) is 0. The van der Waals surface area contributed by atoms with Crippen LogP contribution in [0.3, 0.4) is 0 Å². The van der Waals surface area contributed by atoms with Crippen LogP contribution in [0.1, 0.15) is 39.8 Å². The lowest BCUT2D eigenvalue weighted by Crippen LogP contribution is -2.28. The van der Waals surface area contributed by atoms with Crippen molar-refractivity contribution in [1.82, 2.24) is 9.55 Å². The van der Waals surface area contributed by atoms with Gasteiger partial charge in [0.25, 0.3) is 0 Å². The maximum absolute atomic E-state index is 14.0. The molecule has 3 heterocycles. The number of primary amides is 1. The van der Waals surface area contributed by atoms with Gasteiger partial charge in [0.1, 0.15) is 11.4 Å². The van der Waals surface area contributed by atoms with E-state index in [1.54, 1.807) is 52.2 Å². The summed E-state index contributed by atoms with van der Waals surface area (Å²) in [5, 5.41) is 0.605. The molecule has 2 unspecified atom stereocenters. The van der Waals surface area contributed by atoms with Crippen LogP contribution in [0.25, 0.3) is 22.0 Å². The van der Waals surface area contributed by atoms with E-state index in [9.17, 15) is 18.8 Å². The summed E-state index contributed by atoms with van der Waals surface area (Å²) in [5.41, 5.74) is 6.66. The Balaban J connectivity index is 1.79. The van der Waals surface area contributed by atoms with Crippen LogP contribution < -0.4 is 10.5 Å². The molecule has 1 aliphatic rings. The van der Waals surface area contributed by atoms with Crippen LogP contribution in [0.15, 0.2) is 36.7 Å². The minimum atomic E-state index is -0.737. The molecule has 0 saturated heterocycles. The van der Waals surface area contributed by atoms with Crippen LogP contribution in [0.2, 0.25) is 0 Å². The first-order valence-corrected chi connectivity index (χ1v) is 11.0. The van der Waals surface area contributed by atoms with Crippen molar-refractivity contribution < 1.29 is 28.2 Å². The van der Waals surface area contributed by atoms with Crippen molar-refractivity contribution in [3.63, 3.8) is 0 Å². The second-order valence-corrected chi connectivity index (χ2v) is 9.57. The highest BCUT2D eigenvalue weighted by Crippen LogP contribution is 2.37. The van der Waals surface area contributed by atoms with E-state index in [4.69, 9.17) is 15.2 Å². The lowest BCUT2D eigenvalue weighted by molar-refractivity contribution is -0.139. The standard InChI is InChI=1S/C25H26FN3O5/c1-13-14(9-22(27)30)7-19-21(33-23(13)31)8-15(11-28-19)18-12-29(24(32)34-25(2,3)4)20-10-16(26)5-6-17(18)20/h5-6,8,10-14H,7,9H2,1-4H3,(H2,27,30). The third-order valence-electron chi connectivity index (χ3n) is 5.81. The third kappa shape index (κ3) is 4.64. The zero-order chi connectivity index (χ0) is 24.8. The topological polar surface area (TPSA) is 114 Å². The predicted molar refractivity (Wildman–Crippen MR) is 123 cm³/mol. The number of nitrogens with two attached hydrogens (primary N) is 1. The number of nitrogens with zero attached hydrogens (tertiary/aromatic N) is 2. The van der Waals surface area contributed by atoms with Gasteiger partial charge in [0.15, 0.2) is 5.75 Å². The maximum atomic E-state index is 14.0. The van der Waals surface area contributed by atoms with E-state index < -0.39 is 35.3 Å². The first-order valence-electron chi connectivity index (χ1n) is 11.0. The number of ether oxygens (including phenoxy) is 2. The Morgan fingerprint density at radius 2 is 2.03 bits per heavy atom. The predicted octanol–water partition coefficient (Wildman–Crippen LogP) is 4.21. The number of hydrogen-bond donors (Lipinski definition) is 1. The zero-order valence-corrected chi connectivity index (χ0v) is 19.4. The largest absolute Gasteiger partial charge is 0.443 e. The number of benzene rings is 1. The summed E-state index contributed by atoms with van der Waals surface area (Å²) < 4.78 is 26.3. The lowest BCUT2D eigenvalue weighted by Gasteiger charge is -2.19. The monoisotopic (exact) mass is 467 g/mol. The minimum Gasteiger partial charge on any atom is -0.443 e. The Labute approximate surface area is 195 Å². The molecule has 9 heteroatoms. The number of fused-ring (bicyclic) bond motifs is 2. The number of carbonyl (C=O) groups excluding carboxylic acids is 3. The van der Waals surface area contributed by atoms with Gasteiger partial charge in [-0.05, 0) is 57.4 Å². The van der Waals surface area contributed by atoms with Gasteiger partial charge in [0.2, 0.25) is 5.91 Å². The van der Waals surface area contributed by atoms with E-state index >= 15 is 0 Å². The summed E-state index contributed by atoms with van der Waals surface area (Å²) in [5.74, 6) is -2.02. The van der Waals surface area contributed by atoms with Gasteiger partial charge in [-0.2, -0.15) is 0 Å². The number of amides is 1. The van der Waals surface area contributed by atoms with Crippen molar-refractivity contribution >= 4 is 28.9 Å². The van der Waals surface area contributed by atoms with E-state index in [0.29, 0.717) is 34.1 Å². The van der Waals surface area contributed by atoms with Crippen molar-refractivity contribution in [2.45, 2.75) is 46.1 Å². The Morgan fingerprint density at radius 3 is 2.71 bits per heavy atom. The fourth-order valence-corrected chi connectivity index (χ4v) is 4.08. The van der Waals surface area contributed by atoms with Crippen LogP contribution in [0.5, 0.6) is 5.75 Å². The van der Waals surface area contributed by atoms with Gasteiger partial charge in [0, 0.05) is 35.3 Å². The van der Waals surface area contributed by atoms with Crippen LogP contribution >= 0.6 is 0 Å². The van der Waals surface area contributed by atoms with Gasteiger partial charge in [-0.1, -0.05) is 6.92 Å². The van der Waals surface area contributed by atoms with Crippen molar-refractivity contribution in [2.75, 3.05) is 0 Å². The highest BCUT2D eigenvalue weighted by molar-refractivity contribution is 6.00. The van der Waals surface area contributed by atoms with Crippen molar-refractivity contribution in [1.29, 1.82) is 0 Å². The average Bonchev–Trinajstić information content (AvgIpc) is 3.05. The molecular weight excluding hydrogens is 441 g/mol. The first-order chi connectivity index (χ1) is 15.9. The molecule has 3 aromatic rings. The van der Waals surface area contributed by atoms with E-state index in [0.717, 1.165) is 0 Å². The zero-order valence-electron chi connectivity index (χ0n) is 19.4. The minimum absolute atomic E-state index is 0.0497. The molecule has 1 aliphatic heterocycles. The van der Waals surface area contributed by atoms with Crippen molar-refractivity contribution in [3.05, 3.63) is 48.2 Å². The summed E-state index contributed by atoms with van der Waals surface area (Å²) >= 11 is 0. The number of pyridine rings is 1. The number of esters is 1. The number of rotatable bonds is 3. The molecule has 4 rings (SSSR count). The molecule has 34 heavy (non-hydrogen) atoms. The Morgan fingerprint density at radius 1 is 1.29 bits per heavy atom. The highest BCUT2D eigenvalue weighted by Gasteiger charge is 2.33. The Hall–Kier alpha value is -3.75. The average molecular weight is 467 g/mol. The van der Waals surface area contributed by atoms with Crippen LogP contribution in [-0.4, -0.2) is 33.1 Å². The van der Waals surface area contributed by atoms with E-state index in [-0.39, 0.29) is 18.1 Å². The second-order valence-electron chi connectivity index (χ2n) is 9.57. The SMILES string of the molecule is CC1C(=O)Oc2cc(-c3cn(C(=O)OC(C)(C)C)c4cc(F)ccc34)cnc2CC1CC(N)=O. The van der Waals surface area contributed by atoms with Crippen molar-refractivity contribution in [2.24, 2.45) is 17.6 Å². The fourth-order valence-electron chi connectivity index (χ4n) is 4.08. The van der Waals surface area contributed by atoms with Crippen molar-refractivity contribution in [3.8, 4) is 16.9 Å². The number of carbonyl (C=O) groups is 3. The molecule has 8 nitrogen and oxygen atoms in total. The van der Waals surface area contributed by atoms with E-state index in [2.05, 4.69) is 4.98 Å². The van der Waals surface area contributed by atoms with Gasteiger partial charge in [0.05, 0.1) is 17.1 Å². The third-order valence-corrected chi connectivity index (χ3v) is 5.81. The van der Waals surface area contributed by atoms with E-state index in [1.165, 1.54) is 16.7 Å². The molecule has 2 N–H and O–H groups in total. The Bertz CT molecular complexity index is 1310. The van der Waals surface area contributed by atoms with E-state index in [1.807, 2.05) is 0 Å². The molecule has 0 fully saturated rings. The summed E-state index contributed by atoms with van der Waals surface area (Å²) in [6.45, 7) is 6.94. The molecule has 178 valence electrons. The van der Waals surface area contributed by atoms with Gasteiger partial charge >= 0.3 is 12.1 Å². The van der Waals surface area contributed by atoms with Gasteiger partial charge < -0.3 is 15.2 Å². The second kappa shape index (κ2) is 8.55. The summed E-state index contributed by atoms with van der Waals surface area (Å²) in [4.78, 5) is 41.3. The maximum Gasteiger partial charge on any atom is 0.419 e. The fraction of sp³-hybridized carbons (Fsp3) is 0.360. The number of halogens is 1. The quantitative estimate of drug-likeness (QED) is 0.577. The molecule has 2 aromatic heterocycles. The molecule has 0 spiro atoms. The molecule has 1 aromatic carbocycles. The molecule has 0 bridgehead atoms. The Kier molecular flexibility index (Phi) is 5.89. The summed E-state index contributed by atoms with van der Waals surface area (Å²) in [6.07, 6.45) is 2.91. The lowest BCUT2D eigenvalue weighted by atomic mass is 9.87. The van der Waals surface area contributed by atoms with Gasteiger partial charge in [-0.25, -0.2) is 9.18 Å². The number of aromatic nitrogens is 2. The first kappa shape index (κ1) is 23.4. The van der Waals surface area contributed by atoms with Gasteiger partial charge in [-0.3, -0.25) is 19.1 Å². The van der Waals surface area contributed by atoms with Crippen LogP contribution in [-0.2, 0) is 20.7 Å². The molecule has 2 atom stereocenters. The molecule has 0 radical (unpaired) electrons.